The minimum absolute atomic E-state index is 0.0175. The van der Waals surface area contributed by atoms with Gasteiger partial charge in [-0.3, -0.25) is 9.78 Å². The lowest BCUT2D eigenvalue weighted by Gasteiger charge is -2.53. The van der Waals surface area contributed by atoms with E-state index in [0.29, 0.717) is 34.4 Å². The van der Waals surface area contributed by atoms with E-state index in [1.165, 1.54) is 28.0 Å². The topological polar surface area (TPSA) is 97.2 Å². The second-order valence-corrected chi connectivity index (χ2v) is 8.88. The zero-order valence-corrected chi connectivity index (χ0v) is 18.6. The Labute approximate surface area is 193 Å². The summed E-state index contributed by atoms with van der Waals surface area (Å²) >= 11 is 6.57. The van der Waals surface area contributed by atoms with Gasteiger partial charge in [-0.05, 0) is 31.2 Å². The van der Waals surface area contributed by atoms with Crippen LogP contribution >= 0.6 is 11.6 Å². The number of benzene rings is 2. The Hall–Kier alpha value is -3.59. The first-order valence-corrected chi connectivity index (χ1v) is 10.6. The molecular formula is C23H20ClFN4O4. The number of fused-ring (bicyclic) bond motifs is 5. The van der Waals surface area contributed by atoms with Gasteiger partial charge in [-0.2, -0.15) is 0 Å². The van der Waals surface area contributed by atoms with E-state index in [-0.39, 0.29) is 35.3 Å². The van der Waals surface area contributed by atoms with E-state index in [1.54, 1.807) is 32.3 Å². The molecule has 1 aromatic heterocycles. The van der Waals surface area contributed by atoms with E-state index in [0.717, 1.165) is 0 Å². The molecule has 2 amide bonds. The number of carbonyl (C=O) groups excluding carboxylic acids is 1. The number of likely N-dealkylation sites (N-methyl/N-ethyl adjacent to an activating group) is 1. The van der Waals surface area contributed by atoms with Gasteiger partial charge in [0.15, 0.2) is 0 Å². The first kappa shape index (κ1) is 21.3. The van der Waals surface area contributed by atoms with Crippen molar-refractivity contribution in [3.8, 4) is 16.9 Å². The Morgan fingerprint density at radius 2 is 2.03 bits per heavy atom. The van der Waals surface area contributed by atoms with E-state index in [9.17, 15) is 24.2 Å². The highest BCUT2D eigenvalue weighted by molar-refractivity contribution is 6.34. The lowest BCUT2D eigenvalue weighted by Crippen LogP contribution is -2.70. The van der Waals surface area contributed by atoms with Crippen LogP contribution in [-0.4, -0.2) is 64.3 Å². The molecule has 0 saturated carbocycles. The predicted molar refractivity (Wildman–Crippen MR) is 123 cm³/mol. The zero-order valence-electron chi connectivity index (χ0n) is 17.8. The highest BCUT2D eigenvalue weighted by Crippen LogP contribution is 2.47. The molecule has 2 aliphatic rings. The van der Waals surface area contributed by atoms with Crippen LogP contribution in [0.4, 0.5) is 20.6 Å². The van der Waals surface area contributed by atoms with Crippen molar-refractivity contribution in [2.24, 2.45) is 0 Å². The van der Waals surface area contributed by atoms with Gasteiger partial charge >= 0.3 is 6.09 Å². The highest BCUT2D eigenvalue weighted by atomic mass is 35.5. The Bertz CT molecular complexity index is 1330. The van der Waals surface area contributed by atoms with Gasteiger partial charge in [-0.15, -0.1) is 0 Å². The molecule has 0 spiro atoms. The summed E-state index contributed by atoms with van der Waals surface area (Å²) < 4.78 is 14.5. The molecule has 2 aromatic carbocycles. The van der Waals surface area contributed by atoms with Gasteiger partial charge in [0.1, 0.15) is 17.1 Å². The number of halogens is 2. The monoisotopic (exact) mass is 470 g/mol. The molecule has 0 radical (unpaired) electrons. The summed E-state index contributed by atoms with van der Waals surface area (Å²) in [6.07, 6.45) is 0.492. The molecule has 8 nitrogen and oxygen atoms in total. The fourth-order valence-corrected chi connectivity index (χ4v) is 5.13. The SMILES string of the molecule is CN1C(=O)C2(C)CN(C(=O)O)CCN2c2c1cnc1cc(-c3c(O)cccc3F)c(Cl)cc21. The van der Waals surface area contributed by atoms with E-state index < -0.39 is 17.4 Å². The van der Waals surface area contributed by atoms with Crippen LogP contribution in [0.5, 0.6) is 5.75 Å². The van der Waals surface area contributed by atoms with Gasteiger partial charge in [0, 0.05) is 36.1 Å². The molecule has 1 unspecified atom stereocenters. The predicted octanol–water partition coefficient (Wildman–Crippen LogP) is 3.94. The molecule has 5 rings (SSSR count). The second-order valence-electron chi connectivity index (χ2n) is 8.47. The number of anilines is 2. The maximum absolute atomic E-state index is 14.5. The maximum Gasteiger partial charge on any atom is 0.407 e. The third kappa shape index (κ3) is 2.99. The lowest BCUT2D eigenvalue weighted by molar-refractivity contribution is -0.124. The Morgan fingerprint density at radius 1 is 1.27 bits per heavy atom. The molecule has 3 heterocycles. The Balaban J connectivity index is 1.73. The quantitative estimate of drug-likeness (QED) is 0.559. The van der Waals surface area contributed by atoms with Crippen LogP contribution in [0.1, 0.15) is 6.92 Å². The van der Waals surface area contributed by atoms with Crippen molar-refractivity contribution < 1.29 is 24.2 Å². The minimum Gasteiger partial charge on any atom is -0.507 e. The molecule has 1 saturated heterocycles. The molecule has 170 valence electrons. The van der Waals surface area contributed by atoms with E-state index in [4.69, 9.17) is 11.6 Å². The first-order valence-electron chi connectivity index (χ1n) is 10.3. The van der Waals surface area contributed by atoms with Crippen LogP contribution < -0.4 is 9.80 Å². The summed E-state index contributed by atoms with van der Waals surface area (Å²) in [4.78, 5) is 34.0. The number of amides is 2. The van der Waals surface area contributed by atoms with Gasteiger partial charge in [-0.25, -0.2) is 9.18 Å². The maximum atomic E-state index is 14.5. The van der Waals surface area contributed by atoms with E-state index >= 15 is 0 Å². The number of pyridine rings is 1. The summed E-state index contributed by atoms with van der Waals surface area (Å²) in [5, 5.41) is 20.6. The van der Waals surface area contributed by atoms with Gasteiger partial charge in [0.05, 0.1) is 35.2 Å². The van der Waals surface area contributed by atoms with Crippen molar-refractivity contribution in [2.45, 2.75) is 12.5 Å². The van der Waals surface area contributed by atoms with Crippen molar-refractivity contribution in [1.82, 2.24) is 9.88 Å². The van der Waals surface area contributed by atoms with Crippen LogP contribution in [0, 0.1) is 5.82 Å². The fourth-order valence-electron chi connectivity index (χ4n) is 4.87. The Kier molecular flexibility index (Phi) is 4.65. The number of hydrogen-bond donors (Lipinski definition) is 2. The number of carboxylic acid groups (broad SMARTS) is 1. The van der Waals surface area contributed by atoms with Gasteiger partial charge in [0.2, 0.25) is 0 Å². The Morgan fingerprint density at radius 3 is 2.73 bits per heavy atom. The largest absolute Gasteiger partial charge is 0.507 e. The molecule has 2 aliphatic heterocycles. The van der Waals surface area contributed by atoms with Crippen LogP contribution in [0.3, 0.4) is 0 Å². The average molecular weight is 471 g/mol. The average Bonchev–Trinajstić information content (AvgIpc) is 2.77. The summed E-state index contributed by atoms with van der Waals surface area (Å²) in [5.74, 6) is -1.09. The normalized spacial score (nSPS) is 20.1. The fraction of sp³-hybridized carbons (Fsp3) is 0.261. The van der Waals surface area contributed by atoms with Crippen molar-refractivity contribution in [3.05, 3.63) is 47.4 Å². The van der Waals surface area contributed by atoms with Crippen molar-refractivity contribution in [3.63, 3.8) is 0 Å². The highest BCUT2D eigenvalue weighted by Gasteiger charge is 2.51. The minimum atomic E-state index is -1.11. The van der Waals surface area contributed by atoms with E-state index in [2.05, 4.69) is 4.98 Å². The van der Waals surface area contributed by atoms with Gasteiger partial charge in [0.25, 0.3) is 5.91 Å². The van der Waals surface area contributed by atoms with Gasteiger partial charge < -0.3 is 24.9 Å². The first-order chi connectivity index (χ1) is 15.6. The number of aromatic nitrogens is 1. The summed E-state index contributed by atoms with van der Waals surface area (Å²) in [5.41, 5.74) is 0.956. The van der Waals surface area contributed by atoms with Crippen molar-refractivity contribution in [1.29, 1.82) is 0 Å². The molecule has 0 bridgehead atoms. The number of phenolic OH excluding ortho intramolecular Hbond substituents is 1. The van der Waals surface area contributed by atoms with Crippen LogP contribution in [0.2, 0.25) is 5.02 Å². The molecule has 3 aromatic rings. The second kappa shape index (κ2) is 7.21. The molecule has 33 heavy (non-hydrogen) atoms. The number of phenols is 1. The van der Waals surface area contributed by atoms with Crippen molar-refractivity contribution >= 4 is 45.9 Å². The number of hydrogen-bond acceptors (Lipinski definition) is 5. The van der Waals surface area contributed by atoms with Crippen LogP contribution in [-0.2, 0) is 4.79 Å². The molecule has 0 aliphatic carbocycles. The molecule has 2 N–H and O–H groups in total. The standard InChI is InChI=1S/C23H20ClFN4O4/c1-23-11-28(22(32)33)6-7-29(23)20-13-8-14(24)12(19-15(25)4-3-5-18(19)30)9-16(13)26-10-17(20)27(2)21(23)31/h3-5,8-10,30H,6-7,11H2,1-2H3,(H,32,33). The van der Waals surface area contributed by atoms with Crippen LogP contribution in [0.25, 0.3) is 22.0 Å². The molecular weight excluding hydrogens is 451 g/mol. The third-order valence-corrected chi connectivity index (χ3v) is 6.84. The molecule has 10 heteroatoms. The van der Waals surface area contributed by atoms with Crippen molar-refractivity contribution in [2.75, 3.05) is 36.5 Å². The van der Waals surface area contributed by atoms with Gasteiger partial charge in [-0.1, -0.05) is 17.7 Å². The number of rotatable bonds is 1. The number of nitrogens with zero attached hydrogens (tertiary/aromatic N) is 4. The zero-order chi connectivity index (χ0) is 23.7. The molecule has 1 atom stereocenters. The lowest BCUT2D eigenvalue weighted by atomic mass is 9.89. The number of piperazine rings is 1. The molecule has 1 fully saturated rings. The summed E-state index contributed by atoms with van der Waals surface area (Å²) in [7, 11) is 1.63. The summed E-state index contributed by atoms with van der Waals surface area (Å²) in [6.45, 7) is 2.29. The third-order valence-electron chi connectivity index (χ3n) is 6.53. The number of aromatic hydroxyl groups is 1. The number of carbonyl (C=O) groups is 2. The van der Waals surface area contributed by atoms with E-state index in [1.807, 2.05) is 4.90 Å². The summed E-state index contributed by atoms with van der Waals surface area (Å²) in [6, 6.07) is 7.29. The smallest absolute Gasteiger partial charge is 0.407 e. The van der Waals surface area contributed by atoms with Crippen LogP contribution in [0.15, 0.2) is 36.5 Å².